The fourth-order valence-electron chi connectivity index (χ4n) is 4.23. The molecule has 158 valence electrons. The monoisotopic (exact) mass is 400 g/mol. The lowest BCUT2D eigenvalue weighted by atomic mass is 9.72. The molecule has 0 amide bonds. The zero-order valence-corrected chi connectivity index (χ0v) is 17.2. The quantitative estimate of drug-likeness (QED) is 0.573. The average molecular weight is 401 g/mol. The van der Waals surface area contributed by atoms with Crippen molar-refractivity contribution in [2.75, 3.05) is 13.2 Å². The summed E-state index contributed by atoms with van der Waals surface area (Å²) in [7, 11) is 0. The van der Waals surface area contributed by atoms with E-state index < -0.39 is 30.1 Å². The third kappa shape index (κ3) is 4.81. The Morgan fingerprint density at radius 2 is 1.52 bits per heavy atom. The van der Waals surface area contributed by atoms with Gasteiger partial charge >= 0.3 is 0 Å². The molecule has 1 fully saturated rings. The first-order valence-corrected chi connectivity index (χ1v) is 10.5. The van der Waals surface area contributed by atoms with Gasteiger partial charge in [-0.3, -0.25) is 0 Å². The van der Waals surface area contributed by atoms with Gasteiger partial charge in [0, 0.05) is 24.0 Å². The van der Waals surface area contributed by atoms with E-state index >= 15 is 0 Å². The van der Waals surface area contributed by atoms with Crippen molar-refractivity contribution >= 4 is 0 Å². The number of rotatable bonds is 7. The molecule has 0 radical (unpaired) electrons. The second-order valence-corrected chi connectivity index (χ2v) is 7.91. The molecule has 0 aromatic heterocycles. The highest BCUT2D eigenvalue weighted by atomic mass is 16.5. The molecule has 5 nitrogen and oxygen atoms in total. The molecule has 0 saturated heterocycles. The zero-order chi connectivity index (χ0) is 21.0. The van der Waals surface area contributed by atoms with E-state index in [1.165, 1.54) is 11.1 Å². The number of hydrogen-bond donors (Lipinski definition) is 4. The molecule has 1 aliphatic carbocycles. The van der Waals surface area contributed by atoms with Crippen molar-refractivity contribution in [2.24, 2.45) is 5.92 Å². The SMILES string of the molecule is CCOc1ccc(Cc2ccc(CC)cc2)cc1C1CC(CO)C(O)C(O)C1O. The van der Waals surface area contributed by atoms with E-state index in [9.17, 15) is 20.4 Å². The molecule has 3 rings (SSSR count). The van der Waals surface area contributed by atoms with Gasteiger partial charge in [-0.2, -0.15) is 0 Å². The number of benzene rings is 2. The first kappa shape index (κ1) is 21.8. The van der Waals surface area contributed by atoms with Crippen LogP contribution in [-0.2, 0) is 12.8 Å². The maximum atomic E-state index is 10.7. The molecule has 0 bridgehead atoms. The Balaban J connectivity index is 1.91. The van der Waals surface area contributed by atoms with Gasteiger partial charge in [0.25, 0.3) is 0 Å². The summed E-state index contributed by atoms with van der Waals surface area (Å²) in [5.74, 6) is -0.241. The van der Waals surface area contributed by atoms with Crippen LogP contribution in [0.4, 0.5) is 0 Å². The van der Waals surface area contributed by atoms with Crippen LogP contribution in [0.1, 0.15) is 48.4 Å². The van der Waals surface area contributed by atoms with Crippen LogP contribution >= 0.6 is 0 Å². The second kappa shape index (κ2) is 9.72. The van der Waals surface area contributed by atoms with Gasteiger partial charge in [-0.1, -0.05) is 43.3 Å². The smallest absolute Gasteiger partial charge is 0.122 e. The van der Waals surface area contributed by atoms with Crippen LogP contribution in [0.2, 0.25) is 0 Å². The molecular weight excluding hydrogens is 368 g/mol. The average Bonchev–Trinajstić information content (AvgIpc) is 2.74. The topological polar surface area (TPSA) is 90.2 Å². The van der Waals surface area contributed by atoms with Crippen LogP contribution in [0.5, 0.6) is 5.75 Å². The largest absolute Gasteiger partial charge is 0.494 e. The van der Waals surface area contributed by atoms with Crippen molar-refractivity contribution in [3.63, 3.8) is 0 Å². The Labute approximate surface area is 172 Å². The minimum absolute atomic E-state index is 0.241. The van der Waals surface area contributed by atoms with Crippen LogP contribution in [0, 0.1) is 5.92 Å². The third-order valence-corrected chi connectivity index (χ3v) is 6.00. The number of hydrogen-bond acceptors (Lipinski definition) is 5. The van der Waals surface area contributed by atoms with Gasteiger partial charge in [0.2, 0.25) is 0 Å². The summed E-state index contributed by atoms with van der Waals surface area (Å²) >= 11 is 0. The van der Waals surface area contributed by atoms with E-state index in [0.29, 0.717) is 18.8 Å². The van der Waals surface area contributed by atoms with E-state index in [1.807, 2.05) is 25.1 Å². The zero-order valence-electron chi connectivity index (χ0n) is 17.2. The van der Waals surface area contributed by atoms with Crippen molar-refractivity contribution in [3.05, 3.63) is 64.7 Å². The van der Waals surface area contributed by atoms with E-state index in [2.05, 4.69) is 31.2 Å². The molecule has 5 unspecified atom stereocenters. The number of aryl methyl sites for hydroxylation is 1. The molecule has 1 aliphatic rings. The molecule has 0 spiro atoms. The first-order chi connectivity index (χ1) is 14.0. The van der Waals surface area contributed by atoms with Gasteiger partial charge in [-0.25, -0.2) is 0 Å². The standard InChI is InChI=1S/C24H32O5/c1-3-15-5-7-16(8-6-15)11-17-9-10-21(29-4-2)19(12-17)20-13-18(14-25)22(26)24(28)23(20)27/h5-10,12,18,20,22-28H,3-4,11,13-14H2,1-2H3. The number of aliphatic hydroxyl groups excluding tert-OH is 4. The Morgan fingerprint density at radius 1 is 0.862 bits per heavy atom. The summed E-state index contributed by atoms with van der Waals surface area (Å²) in [6.45, 7) is 4.28. The molecular formula is C24H32O5. The molecule has 4 N–H and O–H groups in total. The third-order valence-electron chi connectivity index (χ3n) is 6.00. The van der Waals surface area contributed by atoms with Crippen molar-refractivity contribution in [1.29, 1.82) is 0 Å². The summed E-state index contributed by atoms with van der Waals surface area (Å²) in [6.07, 6.45) is -1.42. The predicted octanol–water partition coefficient (Wildman–Crippen LogP) is 2.42. The van der Waals surface area contributed by atoms with Gasteiger partial charge < -0.3 is 25.2 Å². The van der Waals surface area contributed by atoms with Crippen LogP contribution < -0.4 is 4.74 Å². The lowest BCUT2D eigenvalue weighted by Crippen LogP contribution is -2.51. The lowest BCUT2D eigenvalue weighted by Gasteiger charge is -2.40. The van der Waals surface area contributed by atoms with E-state index in [1.54, 1.807) is 0 Å². The summed E-state index contributed by atoms with van der Waals surface area (Å²) in [5.41, 5.74) is 4.40. The minimum atomic E-state index is -1.30. The predicted molar refractivity (Wildman–Crippen MR) is 112 cm³/mol. The van der Waals surface area contributed by atoms with Crippen molar-refractivity contribution in [1.82, 2.24) is 0 Å². The minimum Gasteiger partial charge on any atom is -0.494 e. The second-order valence-electron chi connectivity index (χ2n) is 7.91. The van der Waals surface area contributed by atoms with Gasteiger partial charge in [-0.05, 0) is 48.9 Å². The summed E-state index contributed by atoms with van der Waals surface area (Å²) in [6, 6.07) is 14.5. The van der Waals surface area contributed by atoms with E-state index in [-0.39, 0.29) is 6.61 Å². The Kier molecular flexibility index (Phi) is 7.30. The highest BCUT2D eigenvalue weighted by Gasteiger charge is 2.43. The fourth-order valence-corrected chi connectivity index (χ4v) is 4.23. The molecule has 29 heavy (non-hydrogen) atoms. The maximum Gasteiger partial charge on any atom is 0.122 e. The van der Waals surface area contributed by atoms with Gasteiger partial charge in [0.1, 0.15) is 11.9 Å². The number of ether oxygens (including phenoxy) is 1. The Bertz CT molecular complexity index is 786. The Hall–Kier alpha value is -1.92. The summed E-state index contributed by atoms with van der Waals surface area (Å²) in [4.78, 5) is 0. The highest BCUT2D eigenvalue weighted by Crippen LogP contribution is 2.41. The highest BCUT2D eigenvalue weighted by molar-refractivity contribution is 5.43. The Morgan fingerprint density at radius 3 is 2.14 bits per heavy atom. The van der Waals surface area contributed by atoms with Gasteiger partial charge in [-0.15, -0.1) is 0 Å². The van der Waals surface area contributed by atoms with Crippen LogP contribution in [-0.4, -0.2) is 52.0 Å². The maximum absolute atomic E-state index is 10.7. The molecule has 0 heterocycles. The molecule has 5 atom stereocenters. The first-order valence-electron chi connectivity index (χ1n) is 10.5. The fraction of sp³-hybridized carbons (Fsp3) is 0.500. The van der Waals surface area contributed by atoms with Crippen LogP contribution in [0.25, 0.3) is 0 Å². The summed E-state index contributed by atoms with van der Waals surface area (Å²) in [5, 5.41) is 40.7. The molecule has 2 aromatic rings. The normalized spacial score (nSPS) is 27.0. The van der Waals surface area contributed by atoms with E-state index in [4.69, 9.17) is 4.74 Å². The van der Waals surface area contributed by atoms with E-state index in [0.717, 1.165) is 24.0 Å². The molecule has 0 aliphatic heterocycles. The van der Waals surface area contributed by atoms with Gasteiger partial charge in [0.05, 0.1) is 18.8 Å². The van der Waals surface area contributed by atoms with Crippen molar-refractivity contribution < 1.29 is 25.2 Å². The number of aliphatic hydroxyl groups is 4. The summed E-state index contributed by atoms with van der Waals surface area (Å²) < 4.78 is 5.79. The lowest BCUT2D eigenvalue weighted by molar-refractivity contribution is -0.127. The van der Waals surface area contributed by atoms with Crippen LogP contribution in [0.3, 0.4) is 0 Å². The molecule has 5 heteroatoms. The van der Waals surface area contributed by atoms with Crippen molar-refractivity contribution in [2.45, 2.75) is 57.3 Å². The van der Waals surface area contributed by atoms with Gasteiger partial charge in [0.15, 0.2) is 0 Å². The molecule has 1 saturated carbocycles. The molecule has 2 aromatic carbocycles. The van der Waals surface area contributed by atoms with Crippen LogP contribution in [0.15, 0.2) is 42.5 Å². The van der Waals surface area contributed by atoms with Crippen molar-refractivity contribution in [3.8, 4) is 5.75 Å².